The van der Waals surface area contributed by atoms with Crippen LogP contribution < -0.4 is 25.3 Å². The van der Waals surface area contributed by atoms with Gasteiger partial charge >= 0.3 is 6.03 Å². The molecule has 4 heterocycles. The second-order valence-electron chi connectivity index (χ2n) is 12.1. The number of hydrogen-bond acceptors (Lipinski definition) is 9. The molecule has 43 heavy (non-hydrogen) atoms. The first kappa shape index (κ1) is 29.1. The summed E-state index contributed by atoms with van der Waals surface area (Å²) in [6, 6.07) is 16.3. The summed E-state index contributed by atoms with van der Waals surface area (Å²) in [6.07, 6.45) is 2.24. The minimum Gasteiger partial charge on any atom is -0.377 e. The fraction of sp³-hybridized carbons (Fsp3) is 0.500. The fourth-order valence-corrected chi connectivity index (χ4v) is 6.16. The van der Waals surface area contributed by atoms with Crippen LogP contribution in [0.25, 0.3) is 11.4 Å². The maximum Gasteiger partial charge on any atom is 0.323 e. The Morgan fingerprint density at radius 1 is 0.767 bits per heavy atom. The Labute approximate surface area is 254 Å². The van der Waals surface area contributed by atoms with Crippen LogP contribution in [0.2, 0.25) is 0 Å². The zero-order valence-electron chi connectivity index (χ0n) is 25.7. The molecule has 1 unspecified atom stereocenters. The van der Waals surface area contributed by atoms with Gasteiger partial charge in [-0.15, -0.1) is 0 Å². The molecule has 0 saturated carbocycles. The Balaban J connectivity index is 1.15. The van der Waals surface area contributed by atoms with E-state index in [1.54, 1.807) is 0 Å². The smallest absolute Gasteiger partial charge is 0.323 e. The van der Waals surface area contributed by atoms with E-state index in [0.717, 1.165) is 62.8 Å². The molecule has 1 aromatic heterocycles. The molecule has 3 aliphatic heterocycles. The van der Waals surface area contributed by atoms with Gasteiger partial charge in [-0.1, -0.05) is 0 Å². The van der Waals surface area contributed by atoms with E-state index in [9.17, 15) is 4.79 Å². The van der Waals surface area contributed by atoms with E-state index in [0.29, 0.717) is 42.8 Å². The van der Waals surface area contributed by atoms with Crippen LogP contribution in [0.5, 0.6) is 0 Å². The number of aromatic nitrogens is 3. The second kappa shape index (κ2) is 12.7. The number of amides is 2. The van der Waals surface area contributed by atoms with E-state index in [-0.39, 0.29) is 12.1 Å². The molecule has 3 fully saturated rings. The monoisotopic (exact) mass is 585 g/mol. The second-order valence-corrected chi connectivity index (χ2v) is 12.1. The van der Waals surface area contributed by atoms with Crippen molar-refractivity contribution < 1.29 is 9.53 Å². The maximum atomic E-state index is 12.8. The summed E-state index contributed by atoms with van der Waals surface area (Å²) in [5.74, 6) is 2.03. The molecule has 3 aliphatic rings. The van der Waals surface area contributed by atoms with Gasteiger partial charge in [0.1, 0.15) is 0 Å². The van der Waals surface area contributed by atoms with Crippen LogP contribution in [0.4, 0.5) is 33.8 Å². The number of ether oxygens (including phenoxy) is 1. The number of likely N-dealkylation sites (N-methyl/N-ethyl adjacent to an activating group) is 1. The highest BCUT2D eigenvalue weighted by Gasteiger charge is 2.31. The summed E-state index contributed by atoms with van der Waals surface area (Å²) < 4.78 is 5.66. The highest BCUT2D eigenvalue weighted by Crippen LogP contribution is 2.31. The minimum atomic E-state index is -0.289. The standard InChI is InChI=1S/C32H43N9O2/c1-22-5-6-23(2)41(22)31-36-29(35-30(37-31)40-19-20-43-21-24(40)3)25-7-9-26(10-8-25)33-32(42)34-27-11-13-28(14-12-27)39-17-15-38(4)16-18-39/h7-14,22-24H,5-6,15-21H2,1-4H3,(H2,33,34,42)/t22-,23+,24?. The molecule has 2 N–H and O–H groups in total. The van der Waals surface area contributed by atoms with E-state index >= 15 is 0 Å². The third-order valence-electron chi connectivity index (χ3n) is 8.81. The van der Waals surface area contributed by atoms with Crippen molar-refractivity contribution in [1.82, 2.24) is 19.9 Å². The van der Waals surface area contributed by atoms with Gasteiger partial charge in [0, 0.05) is 67.4 Å². The Morgan fingerprint density at radius 3 is 2.00 bits per heavy atom. The number of piperazine rings is 1. The lowest BCUT2D eigenvalue weighted by molar-refractivity contribution is 0.0981. The summed E-state index contributed by atoms with van der Waals surface area (Å²) in [5.41, 5.74) is 3.49. The van der Waals surface area contributed by atoms with Gasteiger partial charge in [0.15, 0.2) is 5.82 Å². The van der Waals surface area contributed by atoms with Crippen molar-refractivity contribution in [2.75, 3.05) is 78.3 Å². The summed E-state index contributed by atoms with van der Waals surface area (Å²) in [6.45, 7) is 12.8. The van der Waals surface area contributed by atoms with Crippen molar-refractivity contribution in [1.29, 1.82) is 0 Å². The topological polar surface area (TPSA) is 102 Å². The predicted molar refractivity (Wildman–Crippen MR) is 172 cm³/mol. The first-order valence-electron chi connectivity index (χ1n) is 15.4. The van der Waals surface area contributed by atoms with Gasteiger partial charge < -0.3 is 35.0 Å². The number of carbonyl (C=O) groups is 1. The quantitative estimate of drug-likeness (QED) is 0.432. The first-order valence-corrected chi connectivity index (χ1v) is 15.4. The lowest BCUT2D eigenvalue weighted by Crippen LogP contribution is -2.45. The van der Waals surface area contributed by atoms with Gasteiger partial charge in [-0.25, -0.2) is 4.79 Å². The molecule has 2 aromatic carbocycles. The SMILES string of the molecule is CC1COCCN1c1nc(-c2ccc(NC(=O)Nc3ccc(N4CCN(C)CC4)cc3)cc2)nc(N2[C@H](C)CC[C@@H]2C)n1. The number of nitrogens with zero attached hydrogens (tertiary/aromatic N) is 7. The number of anilines is 5. The predicted octanol–water partition coefficient (Wildman–Crippen LogP) is 4.54. The van der Waals surface area contributed by atoms with Crippen LogP contribution in [0.1, 0.15) is 33.6 Å². The molecule has 228 valence electrons. The van der Waals surface area contributed by atoms with Crippen molar-refractivity contribution in [3.63, 3.8) is 0 Å². The van der Waals surface area contributed by atoms with Crippen molar-refractivity contribution >= 4 is 35.0 Å². The van der Waals surface area contributed by atoms with Gasteiger partial charge in [-0.2, -0.15) is 15.0 Å². The number of rotatable bonds is 6. The van der Waals surface area contributed by atoms with Crippen molar-refractivity contribution in [3.8, 4) is 11.4 Å². The molecule has 3 atom stereocenters. The third kappa shape index (κ3) is 6.67. The average Bonchev–Trinajstić information content (AvgIpc) is 3.35. The van der Waals surface area contributed by atoms with Gasteiger partial charge in [0.25, 0.3) is 0 Å². The van der Waals surface area contributed by atoms with Crippen LogP contribution in [-0.4, -0.2) is 97.0 Å². The van der Waals surface area contributed by atoms with Crippen LogP contribution >= 0.6 is 0 Å². The first-order chi connectivity index (χ1) is 20.8. The van der Waals surface area contributed by atoms with Gasteiger partial charge in [-0.05, 0) is 89.2 Å². The molecule has 0 bridgehead atoms. The van der Waals surface area contributed by atoms with E-state index in [2.05, 4.69) is 70.2 Å². The summed E-state index contributed by atoms with van der Waals surface area (Å²) in [4.78, 5) is 36.8. The number of hydrogen-bond donors (Lipinski definition) is 2. The highest BCUT2D eigenvalue weighted by molar-refractivity contribution is 5.99. The number of morpholine rings is 1. The highest BCUT2D eigenvalue weighted by atomic mass is 16.5. The van der Waals surface area contributed by atoms with Crippen molar-refractivity contribution in [2.45, 2.75) is 51.7 Å². The number of carbonyl (C=O) groups excluding carboxylic acids is 1. The third-order valence-corrected chi connectivity index (χ3v) is 8.81. The Bertz CT molecular complexity index is 1380. The molecule has 11 heteroatoms. The van der Waals surface area contributed by atoms with Gasteiger partial charge in [0.05, 0.1) is 19.3 Å². The zero-order valence-corrected chi connectivity index (χ0v) is 25.7. The van der Waals surface area contributed by atoms with Crippen LogP contribution in [0.15, 0.2) is 48.5 Å². The Kier molecular flexibility index (Phi) is 8.62. The average molecular weight is 586 g/mol. The summed E-state index contributed by atoms with van der Waals surface area (Å²) in [5, 5.41) is 5.88. The fourth-order valence-electron chi connectivity index (χ4n) is 6.16. The Hall–Kier alpha value is -3.96. The molecule has 3 saturated heterocycles. The summed E-state index contributed by atoms with van der Waals surface area (Å²) >= 11 is 0. The molecule has 0 radical (unpaired) electrons. The normalized spacial score (nSPS) is 23.0. The van der Waals surface area contributed by atoms with E-state index in [1.807, 2.05) is 36.4 Å². The number of benzene rings is 2. The molecule has 0 spiro atoms. The minimum absolute atomic E-state index is 0.179. The lowest BCUT2D eigenvalue weighted by atomic mass is 10.2. The van der Waals surface area contributed by atoms with Crippen molar-refractivity contribution in [3.05, 3.63) is 48.5 Å². The van der Waals surface area contributed by atoms with Gasteiger partial charge in [0.2, 0.25) is 11.9 Å². The van der Waals surface area contributed by atoms with Crippen molar-refractivity contribution in [2.24, 2.45) is 0 Å². The van der Waals surface area contributed by atoms with E-state index in [1.165, 1.54) is 5.69 Å². The van der Waals surface area contributed by atoms with Gasteiger partial charge in [-0.3, -0.25) is 0 Å². The molecule has 11 nitrogen and oxygen atoms in total. The molecule has 2 amide bonds. The van der Waals surface area contributed by atoms with Crippen LogP contribution in [0, 0.1) is 0 Å². The van der Waals surface area contributed by atoms with Crippen LogP contribution in [0.3, 0.4) is 0 Å². The Morgan fingerprint density at radius 2 is 1.37 bits per heavy atom. The molecule has 6 rings (SSSR count). The lowest BCUT2D eigenvalue weighted by Gasteiger charge is -2.34. The summed E-state index contributed by atoms with van der Waals surface area (Å²) in [7, 11) is 2.15. The maximum absolute atomic E-state index is 12.8. The van der Waals surface area contributed by atoms with E-state index < -0.39 is 0 Å². The molecule has 3 aromatic rings. The van der Waals surface area contributed by atoms with Crippen LogP contribution in [-0.2, 0) is 4.74 Å². The molecular formula is C32H43N9O2. The molecular weight excluding hydrogens is 542 g/mol. The number of nitrogens with one attached hydrogen (secondary N) is 2. The van der Waals surface area contributed by atoms with E-state index in [4.69, 9.17) is 19.7 Å². The zero-order chi connectivity index (χ0) is 29.9. The molecule has 0 aliphatic carbocycles. The number of urea groups is 1. The largest absolute Gasteiger partial charge is 0.377 e.